The average molecular weight is 268 g/mol. The van der Waals surface area contributed by atoms with Gasteiger partial charge in [-0.25, -0.2) is 0 Å². The molecule has 1 heterocycles. The molecule has 0 aromatic rings. The third-order valence-corrected chi connectivity index (χ3v) is 3.67. The molecule has 1 aliphatic rings. The fourth-order valence-electron chi connectivity index (χ4n) is 2.44. The molecule has 0 aromatic carbocycles. The molecule has 2 nitrogen and oxygen atoms in total. The lowest BCUT2D eigenvalue weighted by Crippen LogP contribution is -1.96. The zero-order chi connectivity index (χ0) is 13.4. The van der Waals surface area contributed by atoms with Crippen LogP contribution in [0.2, 0.25) is 0 Å². The monoisotopic (exact) mass is 268 g/mol. The van der Waals surface area contributed by atoms with E-state index in [-0.39, 0.29) is 0 Å². The van der Waals surface area contributed by atoms with Crippen LogP contribution < -0.4 is 0 Å². The highest BCUT2D eigenvalue weighted by Gasteiger charge is 1.94. The minimum Gasteiger partial charge on any atom is -0.377 e. The molecule has 0 saturated carbocycles. The Morgan fingerprint density at radius 2 is 0.737 bits per heavy atom. The van der Waals surface area contributed by atoms with Crippen molar-refractivity contribution in [3.8, 4) is 0 Å². The van der Waals surface area contributed by atoms with Crippen LogP contribution in [0.3, 0.4) is 0 Å². The zero-order valence-corrected chi connectivity index (χ0v) is 12.6. The molecule has 0 aliphatic carbocycles. The van der Waals surface area contributed by atoms with Crippen molar-refractivity contribution in [2.75, 3.05) is 26.4 Å². The van der Waals surface area contributed by atoms with E-state index < -0.39 is 0 Å². The van der Waals surface area contributed by atoms with Crippen molar-refractivity contribution in [3.63, 3.8) is 0 Å². The van der Waals surface area contributed by atoms with Crippen molar-refractivity contribution >= 4 is 0 Å². The number of rotatable bonds is 0. The summed E-state index contributed by atoms with van der Waals surface area (Å²) in [5.74, 6) is 0. The molecule has 0 atom stereocenters. The standard InChI is InChI=1S/C17H32O2/c1-2-4-6-8-10-14-18-16-12-13-17-19-15-11-9-7-5-3-1/h12-13H,1-11,14-17H2/b13-12-. The molecule has 2 heteroatoms. The SMILES string of the molecule is C1=C\COCCCCCCCCCCCCCOC/1. The van der Waals surface area contributed by atoms with Crippen molar-refractivity contribution < 1.29 is 9.47 Å². The Balaban J connectivity index is 2.06. The maximum absolute atomic E-state index is 5.56. The Morgan fingerprint density at radius 1 is 0.421 bits per heavy atom. The minimum atomic E-state index is 0.739. The van der Waals surface area contributed by atoms with Gasteiger partial charge in [0.05, 0.1) is 13.2 Å². The summed E-state index contributed by atoms with van der Waals surface area (Å²) in [5, 5.41) is 0. The molecule has 0 aromatic heterocycles. The Kier molecular flexibility index (Phi) is 12.4. The van der Waals surface area contributed by atoms with Gasteiger partial charge in [0.2, 0.25) is 0 Å². The molecule has 0 N–H and O–H groups in total. The second-order valence-corrected chi connectivity index (χ2v) is 5.51. The van der Waals surface area contributed by atoms with Gasteiger partial charge in [-0.2, -0.15) is 0 Å². The van der Waals surface area contributed by atoms with E-state index in [1.807, 2.05) is 0 Å². The van der Waals surface area contributed by atoms with E-state index in [1.165, 1.54) is 70.6 Å². The summed E-state index contributed by atoms with van der Waals surface area (Å²) in [6.07, 6.45) is 19.1. The fourth-order valence-corrected chi connectivity index (χ4v) is 2.44. The predicted molar refractivity (Wildman–Crippen MR) is 81.6 cm³/mol. The van der Waals surface area contributed by atoms with Gasteiger partial charge in [0.15, 0.2) is 0 Å². The average Bonchev–Trinajstić information content (AvgIpc) is 2.43. The van der Waals surface area contributed by atoms with Gasteiger partial charge in [0, 0.05) is 13.2 Å². The fraction of sp³-hybridized carbons (Fsp3) is 0.882. The Bertz CT molecular complexity index is 181. The first kappa shape index (κ1) is 16.7. The van der Waals surface area contributed by atoms with E-state index in [0.717, 1.165) is 26.4 Å². The summed E-state index contributed by atoms with van der Waals surface area (Å²) < 4.78 is 11.1. The quantitative estimate of drug-likeness (QED) is 0.583. The van der Waals surface area contributed by atoms with Crippen molar-refractivity contribution in [2.45, 2.75) is 70.6 Å². The van der Waals surface area contributed by atoms with Gasteiger partial charge in [0.1, 0.15) is 0 Å². The van der Waals surface area contributed by atoms with Crippen LogP contribution in [0.15, 0.2) is 12.2 Å². The molecule has 1 aliphatic heterocycles. The highest BCUT2D eigenvalue weighted by molar-refractivity contribution is 4.81. The third kappa shape index (κ3) is 12.4. The summed E-state index contributed by atoms with van der Waals surface area (Å²) in [6.45, 7) is 3.29. The Labute approximate surface area is 119 Å². The smallest absolute Gasteiger partial charge is 0.0648 e. The van der Waals surface area contributed by atoms with Crippen LogP contribution in [0.25, 0.3) is 0 Å². The van der Waals surface area contributed by atoms with Gasteiger partial charge in [-0.05, 0) is 12.8 Å². The maximum Gasteiger partial charge on any atom is 0.0648 e. The second-order valence-electron chi connectivity index (χ2n) is 5.51. The van der Waals surface area contributed by atoms with Crippen LogP contribution in [-0.4, -0.2) is 26.4 Å². The molecule has 0 fully saturated rings. The lowest BCUT2D eigenvalue weighted by molar-refractivity contribution is 0.149. The highest BCUT2D eigenvalue weighted by Crippen LogP contribution is 2.11. The predicted octanol–water partition coefficient (Wildman–Crippen LogP) is 4.88. The van der Waals surface area contributed by atoms with Gasteiger partial charge >= 0.3 is 0 Å². The summed E-state index contributed by atoms with van der Waals surface area (Å²) in [7, 11) is 0. The summed E-state index contributed by atoms with van der Waals surface area (Å²) in [6, 6.07) is 0. The number of hydrogen-bond acceptors (Lipinski definition) is 2. The van der Waals surface area contributed by atoms with Gasteiger partial charge in [-0.3, -0.25) is 0 Å². The largest absolute Gasteiger partial charge is 0.377 e. The van der Waals surface area contributed by atoms with E-state index in [1.54, 1.807) is 0 Å². The van der Waals surface area contributed by atoms with Gasteiger partial charge in [-0.1, -0.05) is 69.9 Å². The minimum absolute atomic E-state index is 0.739. The molecule has 1 rings (SSSR count). The van der Waals surface area contributed by atoms with Gasteiger partial charge in [-0.15, -0.1) is 0 Å². The Hall–Kier alpha value is -0.340. The molecular weight excluding hydrogens is 236 g/mol. The molecule has 0 amide bonds. The third-order valence-electron chi connectivity index (χ3n) is 3.67. The lowest BCUT2D eigenvalue weighted by Gasteiger charge is -2.03. The van der Waals surface area contributed by atoms with Crippen molar-refractivity contribution in [1.82, 2.24) is 0 Å². The van der Waals surface area contributed by atoms with Crippen molar-refractivity contribution in [1.29, 1.82) is 0 Å². The molecule has 112 valence electrons. The van der Waals surface area contributed by atoms with E-state index >= 15 is 0 Å². The number of ether oxygens (including phenoxy) is 2. The summed E-state index contributed by atoms with van der Waals surface area (Å²) in [4.78, 5) is 0. The Morgan fingerprint density at radius 3 is 1.11 bits per heavy atom. The van der Waals surface area contributed by atoms with Crippen LogP contribution in [-0.2, 0) is 9.47 Å². The maximum atomic E-state index is 5.56. The molecule has 0 saturated heterocycles. The highest BCUT2D eigenvalue weighted by atomic mass is 16.5. The molecule has 0 radical (unpaired) electrons. The molecule has 0 unspecified atom stereocenters. The summed E-state index contributed by atoms with van der Waals surface area (Å²) in [5.41, 5.74) is 0. The lowest BCUT2D eigenvalue weighted by atomic mass is 10.1. The normalized spacial score (nSPS) is 24.8. The first-order chi connectivity index (χ1) is 9.50. The van der Waals surface area contributed by atoms with E-state index in [4.69, 9.17) is 9.47 Å². The molecular formula is C17H32O2. The van der Waals surface area contributed by atoms with Gasteiger partial charge < -0.3 is 9.47 Å². The summed E-state index contributed by atoms with van der Waals surface area (Å²) >= 11 is 0. The van der Waals surface area contributed by atoms with Crippen molar-refractivity contribution in [3.05, 3.63) is 12.2 Å². The van der Waals surface area contributed by atoms with E-state index in [2.05, 4.69) is 12.2 Å². The van der Waals surface area contributed by atoms with Crippen LogP contribution >= 0.6 is 0 Å². The van der Waals surface area contributed by atoms with E-state index in [0.29, 0.717) is 0 Å². The van der Waals surface area contributed by atoms with Crippen LogP contribution in [0.4, 0.5) is 0 Å². The first-order valence-electron chi connectivity index (χ1n) is 8.30. The number of hydrogen-bond donors (Lipinski definition) is 0. The van der Waals surface area contributed by atoms with Crippen LogP contribution in [0.1, 0.15) is 70.6 Å². The topological polar surface area (TPSA) is 18.5 Å². The van der Waals surface area contributed by atoms with Crippen molar-refractivity contribution in [2.24, 2.45) is 0 Å². The first-order valence-corrected chi connectivity index (χ1v) is 8.30. The molecule has 19 heavy (non-hydrogen) atoms. The van der Waals surface area contributed by atoms with Crippen LogP contribution in [0, 0.1) is 0 Å². The molecule has 0 bridgehead atoms. The van der Waals surface area contributed by atoms with Gasteiger partial charge in [0.25, 0.3) is 0 Å². The molecule has 0 spiro atoms. The van der Waals surface area contributed by atoms with Crippen LogP contribution in [0.5, 0.6) is 0 Å². The zero-order valence-electron chi connectivity index (χ0n) is 12.6. The van der Waals surface area contributed by atoms with E-state index in [9.17, 15) is 0 Å². The second kappa shape index (κ2) is 14.1.